The number of pyridine rings is 1. The molecule has 1 saturated heterocycles. The summed E-state index contributed by atoms with van der Waals surface area (Å²) in [7, 11) is 0. The molecule has 178 valence electrons. The van der Waals surface area contributed by atoms with Crippen molar-refractivity contribution in [2.24, 2.45) is 0 Å². The van der Waals surface area contributed by atoms with Gasteiger partial charge in [-0.15, -0.1) is 0 Å². The fourth-order valence-corrected chi connectivity index (χ4v) is 3.57. The second kappa shape index (κ2) is 9.38. The molecule has 3 heterocycles. The van der Waals surface area contributed by atoms with Gasteiger partial charge in [-0.25, -0.2) is 19.6 Å². The minimum absolute atomic E-state index is 0.337. The summed E-state index contributed by atoms with van der Waals surface area (Å²) in [5.41, 5.74) is 1.94. The second-order valence-electron chi connectivity index (χ2n) is 9.06. The Morgan fingerprint density at radius 1 is 0.971 bits per heavy atom. The van der Waals surface area contributed by atoms with Crippen molar-refractivity contribution in [3.63, 3.8) is 0 Å². The van der Waals surface area contributed by atoms with Crippen LogP contribution < -0.4 is 20.9 Å². The number of hydrogen-bond acceptors (Lipinski definition) is 7. The topological polar surface area (TPSA) is 136 Å². The van der Waals surface area contributed by atoms with Crippen molar-refractivity contribution in [2.45, 2.75) is 26.3 Å². The summed E-state index contributed by atoms with van der Waals surface area (Å²) in [5.74, 6) is 0.783. The predicted molar refractivity (Wildman–Crippen MR) is 131 cm³/mol. The first-order valence-electron chi connectivity index (χ1n) is 11.0. The Kier molecular flexibility index (Phi) is 6.35. The second-order valence-corrected chi connectivity index (χ2v) is 9.06. The third-order valence-corrected chi connectivity index (χ3v) is 5.21. The van der Waals surface area contributed by atoms with Gasteiger partial charge in [0, 0.05) is 54.7 Å². The number of benzene rings is 1. The molecule has 0 radical (unpaired) electrons. The van der Waals surface area contributed by atoms with Gasteiger partial charge in [0.2, 0.25) is 5.95 Å². The Morgan fingerprint density at radius 3 is 2.32 bits per heavy atom. The molecule has 34 heavy (non-hydrogen) atoms. The van der Waals surface area contributed by atoms with Gasteiger partial charge in [0.25, 0.3) is 0 Å². The van der Waals surface area contributed by atoms with Gasteiger partial charge in [-0.05, 0) is 57.2 Å². The Balaban J connectivity index is 1.41. The quantitative estimate of drug-likeness (QED) is 0.461. The molecule has 0 bridgehead atoms. The van der Waals surface area contributed by atoms with Crippen LogP contribution in [0.15, 0.2) is 42.6 Å². The van der Waals surface area contributed by atoms with E-state index in [-0.39, 0.29) is 11.6 Å². The summed E-state index contributed by atoms with van der Waals surface area (Å²) in [5, 5.41) is 18.6. The Morgan fingerprint density at radius 2 is 1.68 bits per heavy atom. The zero-order valence-electron chi connectivity index (χ0n) is 19.4. The van der Waals surface area contributed by atoms with Crippen LogP contribution >= 0.6 is 0 Å². The van der Waals surface area contributed by atoms with Gasteiger partial charge in [0.1, 0.15) is 5.82 Å². The highest BCUT2D eigenvalue weighted by molar-refractivity contribution is 5.90. The van der Waals surface area contributed by atoms with E-state index >= 15 is 0 Å². The molecule has 1 aliphatic rings. The number of carbonyl (C=O) groups is 2. The van der Waals surface area contributed by atoms with Crippen molar-refractivity contribution < 1.29 is 14.7 Å². The van der Waals surface area contributed by atoms with Crippen molar-refractivity contribution in [3.8, 4) is 0 Å². The fourth-order valence-electron chi connectivity index (χ4n) is 3.57. The molecule has 4 N–H and O–H groups in total. The van der Waals surface area contributed by atoms with Gasteiger partial charge in [-0.3, -0.25) is 5.32 Å². The number of carboxylic acid groups (broad SMARTS) is 1. The molecule has 1 aromatic carbocycles. The van der Waals surface area contributed by atoms with Gasteiger partial charge < -0.3 is 25.5 Å². The van der Waals surface area contributed by atoms with Crippen molar-refractivity contribution >= 4 is 46.3 Å². The van der Waals surface area contributed by atoms with E-state index < -0.39 is 6.09 Å². The molecular weight excluding hydrogens is 436 g/mol. The van der Waals surface area contributed by atoms with Crippen LogP contribution in [0.1, 0.15) is 20.8 Å². The molecular formula is C23H28N8O3. The number of aromatic nitrogens is 3. The number of hydrogen-bond donors (Lipinski definition) is 4. The lowest BCUT2D eigenvalue weighted by Gasteiger charge is -2.34. The molecule has 3 amide bonds. The minimum atomic E-state index is -0.875. The van der Waals surface area contributed by atoms with E-state index in [2.05, 4.69) is 35.8 Å². The van der Waals surface area contributed by atoms with Crippen molar-refractivity contribution in [3.05, 3.63) is 42.6 Å². The summed E-state index contributed by atoms with van der Waals surface area (Å²) in [4.78, 5) is 40.0. The highest BCUT2D eigenvalue weighted by Crippen LogP contribution is 2.22. The number of nitrogens with one attached hydrogen (secondary N) is 3. The van der Waals surface area contributed by atoms with Gasteiger partial charge in [0.15, 0.2) is 5.65 Å². The number of urea groups is 1. The third-order valence-electron chi connectivity index (χ3n) is 5.21. The predicted octanol–water partition coefficient (Wildman–Crippen LogP) is 3.49. The zero-order chi connectivity index (χ0) is 24.3. The fraction of sp³-hybridized carbons (Fsp3) is 0.348. The summed E-state index contributed by atoms with van der Waals surface area (Å²) >= 11 is 0. The first-order valence-corrected chi connectivity index (χ1v) is 11.0. The summed E-state index contributed by atoms with van der Waals surface area (Å²) in [6.07, 6.45) is 0.799. The van der Waals surface area contributed by atoms with Gasteiger partial charge in [-0.2, -0.15) is 4.98 Å². The molecule has 0 unspecified atom stereocenters. The maximum absolute atomic E-state index is 12.1. The normalized spacial score (nSPS) is 14.1. The number of nitrogens with zero attached hydrogens (tertiary/aromatic N) is 5. The number of fused-ring (bicyclic) bond motifs is 1. The maximum atomic E-state index is 12.1. The van der Waals surface area contributed by atoms with Crippen LogP contribution in [0.5, 0.6) is 0 Å². The molecule has 11 heteroatoms. The molecule has 0 atom stereocenters. The number of anilines is 4. The SMILES string of the molecule is CC(C)(C)NC(=O)Nc1ccc2cnc(Nc3ccc(N4CCN(C(=O)O)CC4)cc3)nc2n1. The molecule has 1 fully saturated rings. The van der Waals surface area contributed by atoms with Crippen LogP contribution in [-0.2, 0) is 0 Å². The molecule has 1 aliphatic heterocycles. The molecule has 0 spiro atoms. The Bertz CT molecular complexity index is 1190. The van der Waals surface area contributed by atoms with Crippen LogP contribution in [0.25, 0.3) is 11.0 Å². The molecule has 11 nitrogen and oxygen atoms in total. The van der Waals surface area contributed by atoms with Gasteiger partial charge in [-0.1, -0.05) is 0 Å². The largest absolute Gasteiger partial charge is 0.465 e. The van der Waals surface area contributed by atoms with E-state index in [1.54, 1.807) is 18.3 Å². The van der Waals surface area contributed by atoms with E-state index in [0.29, 0.717) is 43.6 Å². The van der Waals surface area contributed by atoms with Gasteiger partial charge >= 0.3 is 12.1 Å². The van der Waals surface area contributed by atoms with Crippen molar-refractivity contribution in [1.29, 1.82) is 0 Å². The van der Waals surface area contributed by atoms with E-state index in [9.17, 15) is 9.59 Å². The number of piperazine rings is 1. The summed E-state index contributed by atoms with van der Waals surface area (Å²) < 4.78 is 0. The summed E-state index contributed by atoms with van der Waals surface area (Å²) in [6, 6.07) is 11.0. The van der Waals surface area contributed by atoms with Crippen LogP contribution in [0, 0.1) is 0 Å². The molecule has 0 saturated carbocycles. The lowest BCUT2D eigenvalue weighted by molar-refractivity contribution is 0.142. The van der Waals surface area contributed by atoms with Crippen molar-refractivity contribution in [2.75, 3.05) is 41.7 Å². The summed E-state index contributed by atoms with van der Waals surface area (Å²) in [6.45, 7) is 7.99. The smallest absolute Gasteiger partial charge is 0.407 e. The lowest BCUT2D eigenvalue weighted by Crippen LogP contribution is -2.48. The Labute approximate surface area is 197 Å². The van der Waals surface area contributed by atoms with Crippen LogP contribution in [0.4, 0.5) is 32.7 Å². The zero-order valence-corrected chi connectivity index (χ0v) is 19.4. The van der Waals surface area contributed by atoms with E-state index in [4.69, 9.17) is 5.11 Å². The van der Waals surface area contributed by atoms with E-state index in [1.807, 2.05) is 45.0 Å². The van der Waals surface area contributed by atoms with Crippen molar-refractivity contribution in [1.82, 2.24) is 25.2 Å². The van der Waals surface area contributed by atoms with Crippen LogP contribution in [0.3, 0.4) is 0 Å². The van der Waals surface area contributed by atoms with Crippen LogP contribution in [-0.4, -0.2) is 68.8 Å². The molecule has 2 aromatic heterocycles. The van der Waals surface area contributed by atoms with Gasteiger partial charge in [0.05, 0.1) is 0 Å². The molecule has 0 aliphatic carbocycles. The molecule has 3 aromatic rings. The number of amides is 3. The number of carbonyl (C=O) groups excluding carboxylic acids is 1. The average Bonchev–Trinajstić information content (AvgIpc) is 2.78. The lowest BCUT2D eigenvalue weighted by atomic mass is 10.1. The third kappa shape index (κ3) is 5.80. The molecule has 4 rings (SSSR count). The van der Waals surface area contributed by atoms with Crippen LogP contribution in [0.2, 0.25) is 0 Å². The van der Waals surface area contributed by atoms with E-state index in [1.165, 1.54) is 4.90 Å². The Hall–Kier alpha value is -4.15. The highest BCUT2D eigenvalue weighted by atomic mass is 16.4. The highest BCUT2D eigenvalue weighted by Gasteiger charge is 2.20. The van der Waals surface area contributed by atoms with E-state index in [0.717, 1.165) is 16.8 Å². The monoisotopic (exact) mass is 464 g/mol. The first-order chi connectivity index (χ1) is 16.2. The number of rotatable bonds is 4. The average molecular weight is 465 g/mol. The standard InChI is InChI=1S/C23H28N8O3/c1-23(2,3)29-21(32)27-18-9-4-15-14-24-20(28-19(15)26-18)25-16-5-7-17(8-6-16)30-10-12-31(13-11-30)22(33)34/h4-9,14H,10-13H2,1-3H3,(H,33,34)(H3,24,25,26,27,28,29,32). The first kappa shape index (κ1) is 23.0. The maximum Gasteiger partial charge on any atom is 0.407 e. The minimum Gasteiger partial charge on any atom is -0.465 e.